The molecule has 0 aliphatic carbocycles. The predicted molar refractivity (Wildman–Crippen MR) is 59.3 cm³/mol. The summed E-state index contributed by atoms with van der Waals surface area (Å²) in [5.74, 6) is 5.03. The lowest BCUT2D eigenvalue weighted by Crippen LogP contribution is -2.13. The Labute approximate surface area is 85.4 Å². The molecule has 0 saturated heterocycles. The monoisotopic (exact) mass is 194 g/mol. The smallest absolute Gasteiger partial charge is 0.0720 e. The van der Waals surface area contributed by atoms with Gasteiger partial charge in [0.1, 0.15) is 0 Å². The minimum atomic E-state index is 0.560. The molecule has 0 saturated carbocycles. The molecule has 3 nitrogen and oxygen atoms in total. The van der Waals surface area contributed by atoms with Crippen molar-refractivity contribution in [3.05, 3.63) is 29.3 Å². The highest BCUT2D eigenvalue weighted by molar-refractivity contribution is 5.54. The van der Waals surface area contributed by atoms with Crippen LogP contribution < -0.4 is 10.8 Å². The number of hydrogen-bond acceptors (Lipinski definition) is 3. The molecular formula is C11H18N2O. The van der Waals surface area contributed by atoms with Crippen molar-refractivity contribution in [3.8, 4) is 0 Å². The van der Waals surface area contributed by atoms with Gasteiger partial charge in [0.25, 0.3) is 0 Å². The maximum atomic E-state index is 5.03. The standard InChI is InChI=1S/C11H18N2O/c1-9-4-5-11(13(2)3)10(8-9)6-7-14-12/h4-5,8H,6-7,12H2,1-3H3. The molecule has 0 aliphatic rings. The Kier molecular flexibility index (Phi) is 3.92. The Morgan fingerprint density at radius 2 is 2.07 bits per heavy atom. The highest BCUT2D eigenvalue weighted by atomic mass is 16.6. The van der Waals surface area contributed by atoms with Crippen LogP contribution in [0, 0.1) is 6.92 Å². The Bertz CT molecular complexity index is 297. The highest BCUT2D eigenvalue weighted by Gasteiger charge is 2.04. The summed E-state index contributed by atoms with van der Waals surface area (Å²) < 4.78 is 0. The summed E-state index contributed by atoms with van der Waals surface area (Å²) in [6.45, 7) is 2.65. The van der Waals surface area contributed by atoms with E-state index in [0.29, 0.717) is 6.61 Å². The second kappa shape index (κ2) is 4.98. The number of rotatable bonds is 4. The number of benzene rings is 1. The van der Waals surface area contributed by atoms with E-state index in [1.807, 2.05) is 14.1 Å². The van der Waals surface area contributed by atoms with E-state index in [-0.39, 0.29) is 0 Å². The van der Waals surface area contributed by atoms with E-state index in [9.17, 15) is 0 Å². The number of aryl methyl sites for hydroxylation is 1. The molecule has 1 rings (SSSR count). The molecule has 0 aliphatic heterocycles. The molecule has 0 amide bonds. The molecule has 1 aromatic carbocycles. The molecule has 0 bridgehead atoms. The Morgan fingerprint density at radius 1 is 1.36 bits per heavy atom. The van der Waals surface area contributed by atoms with Gasteiger partial charge in [-0.1, -0.05) is 17.7 Å². The third-order valence-corrected chi connectivity index (χ3v) is 2.21. The van der Waals surface area contributed by atoms with Crippen molar-refractivity contribution in [2.45, 2.75) is 13.3 Å². The normalized spacial score (nSPS) is 10.3. The van der Waals surface area contributed by atoms with E-state index < -0.39 is 0 Å². The van der Waals surface area contributed by atoms with Crippen LogP contribution in [0.1, 0.15) is 11.1 Å². The molecule has 0 fully saturated rings. The summed E-state index contributed by atoms with van der Waals surface area (Å²) in [6, 6.07) is 6.41. The van der Waals surface area contributed by atoms with E-state index in [1.165, 1.54) is 16.8 Å². The molecule has 2 N–H and O–H groups in total. The van der Waals surface area contributed by atoms with Crippen molar-refractivity contribution in [1.29, 1.82) is 0 Å². The zero-order chi connectivity index (χ0) is 10.6. The fourth-order valence-electron chi connectivity index (χ4n) is 1.52. The first-order chi connectivity index (χ1) is 6.65. The zero-order valence-electron chi connectivity index (χ0n) is 9.08. The van der Waals surface area contributed by atoms with E-state index in [0.717, 1.165) is 6.42 Å². The molecule has 78 valence electrons. The third kappa shape index (κ3) is 2.72. The van der Waals surface area contributed by atoms with E-state index in [4.69, 9.17) is 5.90 Å². The van der Waals surface area contributed by atoms with Gasteiger partial charge in [0.15, 0.2) is 0 Å². The van der Waals surface area contributed by atoms with Crippen LogP contribution in [0.2, 0.25) is 0 Å². The fourth-order valence-corrected chi connectivity index (χ4v) is 1.52. The first-order valence-corrected chi connectivity index (χ1v) is 4.73. The SMILES string of the molecule is Cc1ccc(N(C)C)c(CCON)c1. The summed E-state index contributed by atoms with van der Waals surface area (Å²) in [6.07, 6.45) is 0.853. The molecule has 14 heavy (non-hydrogen) atoms. The molecule has 0 radical (unpaired) electrons. The zero-order valence-corrected chi connectivity index (χ0v) is 9.08. The Morgan fingerprint density at radius 3 is 2.64 bits per heavy atom. The van der Waals surface area contributed by atoms with Crippen LogP contribution in [0.5, 0.6) is 0 Å². The van der Waals surface area contributed by atoms with Gasteiger partial charge in [0, 0.05) is 19.8 Å². The molecule has 3 heteroatoms. The van der Waals surface area contributed by atoms with Gasteiger partial charge in [-0.25, -0.2) is 5.90 Å². The second-order valence-electron chi connectivity index (χ2n) is 3.65. The minimum absolute atomic E-state index is 0.560. The molecular weight excluding hydrogens is 176 g/mol. The molecule has 0 spiro atoms. The summed E-state index contributed by atoms with van der Waals surface area (Å²) in [7, 11) is 4.08. The summed E-state index contributed by atoms with van der Waals surface area (Å²) in [5.41, 5.74) is 3.77. The van der Waals surface area contributed by atoms with Gasteiger partial charge in [0.05, 0.1) is 6.61 Å². The molecule has 0 heterocycles. The van der Waals surface area contributed by atoms with Gasteiger partial charge in [-0.2, -0.15) is 0 Å². The topological polar surface area (TPSA) is 38.5 Å². The summed E-state index contributed by atoms with van der Waals surface area (Å²) >= 11 is 0. The summed E-state index contributed by atoms with van der Waals surface area (Å²) in [4.78, 5) is 6.70. The van der Waals surface area contributed by atoms with Crippen molar-refractivity contribution >= 4 is 5.69 Å². The highest BCUT2D eigenvalue weighted by Crippen LogP contribution is 2.20. The lowest BCUT2D eigenvalue weighted by molar-refractivity contribution is 0.141. The van der Waals surface area contributed by atoms with Gasteiger partial charge in [0.2, 0.25) is 0 Å². The summed E-state index contributed by atoms with van der Waals surface area (Å²) in [5, 5.41) is 0. The lowest BCUT2D eigenvalue weighted by atomic mass is 10.1. The first kappa shape index (κ1) is 11.0. The number of nitrogens with two attached hydrogens (primary N) is 1. The Hall–Kier alpha value is -1.06. The van der Waals surface area contributed by atoms with Crippen LogP contribution in [0.4, 0.5) is 5.69 Å². The van der Waals surface area contributed by atoms with Crippen molar-refractivity contribution in [2.75, 3.05) is 25.6 Å². The van der Waals surface area contributed by atoms with Crippen molar-refractivity contribution < 1.29 is 4.84 Å². The Balaban J connectivity index is 2.91. The largest absolute Gasteiger partial charge is 0.377 e. The van der Waals surface area contributed by atoms with Crippen LogP contribution in [-0.4, -0.2) is 20.7 Å². The maximum absolute atomic E-state index is 5.03. The first-order valence-electron chi connectivity index (χ1n) is 4.73. The van der Waals surface area contributed by atoms with Crippen LogP contribution >= 0.6 is 0 Å². The van der Waals surface area contributed by atoms with Crippen LogP contribution in [0.25, 0.3) is 0 Å². The third-order valence-electron chi connectivity index (χ3n) is 2.21. The van der Waals surface area contributed by atoms with Crippen molar-refractivity contribution in [1.82, 2.24) is 0 Å². The van der Waals surface area contributed by atoms with E-state index >= 15 is 0 Å². The van der Waals surface area contributed by atoms with Crippen LogP contribution in [0.3, 0.4) is 0 Å². The lowest BCUT2D eigenvalue weighted by Gasteiger charge is -2.17. The van der Waals surface area contributed by atoms with E-state index in [2.05, 4.69) is 34.9 Å². The average Bonchev–Trinajstić information content (AvgIpc) is 2.14. The molecule has 0 unspecified atom stereocenters. The minimum Gasteiger partial charge on any atom is -0.377 e. The second-order valence-corrected chi connectivity index (χ2v) is 3.65. The average molecular weight is 194 g/mol. The van der Waals surface area contributed by atoms with Gasteiger partial charge in [-0.15, -0.1) is 0 Å². The number of hydrogen-bond donors (Lipinski definition) is 1. The van der Waals surface area contributed by atoms with Gasteiger partial charge in [-0.3, -0.25) is 0 Å². The number of nitrogens with zero attached hydrogens (tertiary/aromatic N) is 1. The van der Waals surface area contributed by atoms with Gasteiger partial charge in [-0.05, 0) is 25.0 Å². The molecule has 0 aromatic heterocycles. The number of anilines is 1. The van der Waals surface area contributed by atoms with Gasteiger partial charge < -0.3 is 9.74 Å². The predicted octanol–water partition coefficient (Wildman–Crippen LogP) is 1.49. The van der Waals surface area contributed by atoms with Crippen molar-refractivity contribution in [3.63, 3.8) is 0 Å². The molecule has 0 atom stereocenters. The maximum Gasteiger partial charge on any atom is 0.0720 e. The van der Waals surface area contributed by atoms with Crippen LogP contribution in [-0.2, 0) is 11.3 Å². The molecule has 1 aromatic rings. The van der Waals surface area contributed by atoms with Crippen LogP contribution in [0.15, 0.2) is 18.2 Å². The van der Waals surface area contributed by atoms with Crippen molar-refractivity contribution in [2.24, 2.45) is 5.90 Å². The van der Waals surface area contributed by atoms with Gasteiger partial charge >= 0.3 is 0 Å². The quantitative estimate of drug-likeness (QED) is 0.738. The van der Waals surface area contributed by atoms with E-state index in [1.54, 1.807) is 0 Å². The fraction of sp³-hybridized carbons (Fsp3) is 0.455.